The average molecular weight is 292 g/mol. The first-order valence-corrected chi connectivity index (χ1v) is 7.38. The summed E-state index contributed by atoms with van der Waals surface area (Å²) in [6.07, 6.45) is 0. The number of nitrogens with zero attached hydrogens (tertiary/aromatic N) is 1. The van der Waals surface area contributed by atoms with Gasteiger partial charge >= 0.3 is 0 Å². The SMILES string of the molecule is CC(C)(C(=O)c1ccc(NCCO)cc1)N1CCOCC1. The van der Waals surface area contributed by atoms with Crippen LogP contribution in [0.1, 0.15) is 24.2 Å². The van der Waals surface area contributed by atoms with Gasteiger partial charge in [-0.2, -0.15) is 0 Å². The first kappa shape index (κ1) is 15.9. The van der Waals surface area contributed by atoms with Crippen molar-refractivity contribution in [3.05, 3.63) is 29.8 Å². The van der Waals surface area contributed by atoms with Gasteiger partial charge in [-0.1, -0.05) is 0 Å². The highest BCUT2D eigenvalue weighted by Gasteiger charge is 2.35. The van der Waals surface area contributed by atoms with Crippen molar-refractivity contribution in [3.63, 3.8) is 0 Å². The van der Waals surface area contributed by atoms with Crippen molar-refractivity contribution in [2.24, 2.45) is 0 Å². The fourth-order valence-electron chi connectivity index (χ4n) is 2.56. The van der Waals surface area contributed by atoms with Crippen LogP contribution in [0.15, 0.2) is 24.3 Å². The summed E-state index contributed by atoms with van der Waals surface area (Å²) in [5, 5.41) is 11.9. The highest BCUT2D eigenvalue weighted by atomic mass is 16.5. The molecule has 1 saturated heterocycles. The van der Waals surface area contributed by atoms with E-state index in [1.165, 1.54) is 0 Å². The molecule has 5 heteroatoms. The van der Waals surface area contributed by atoms with Crippen molar-refractivity contribution in [1.82, 2.24) is 4.90 Å². The van der Waals surface area contributed by atoms with Crippen molar-refractivity contribution in [1.29, 1.82) is 0 Å². The molecular weight excluding hydrogens is 268 g/mol. The Hall–Kier alpha value is -1.43. The van der Waals surface area contributed by atoms with Gasteiger partial charge < -0.3 is 15.2 Å². The zero-order valence-corrected chi connectivity index (χ0v) is 12.8. The van der Waals surface area contributed by atoms with Crippen molar-refractivity contribution in [2.45, 2.75) is 19.4 Å². The van der Waals surface area contributed by atoms with Crippen LogP contribution < -0.4 is 5.32 Å². The molecule has 1 aliphatic heterocycles. The Balaban J connectivity index is 2.07. The van der Waals surface area contributed by atoms with Gasteiger partial charge in [0.1, 0.15) is 0 Å². The summed E-state index contributed by atoms with van der Waals surface area (Å²) in [6, 6.07) is 7.42. The Morgan fingerprint density at radius 1 is 1.29 bits per heavy atom. The molecule has 2 N–H and O–H groups in total. The van der Waals surface area contributed by atoms with Crippen LogP contribution in [0.4, 0.5) is 5.69 Å². The lowest BCUT2D eigenvalue weighted by molar-refractivity contribution is -0.00429. The lowest BCUT2D eigenvalue weighted by Crippen LogP contribution is -2.54. The van der Waals surface area contributed by atoms with E-state index in [9.17, 15) is 4.79 Å². The molecule has 2 rings (SSSR count). The molecule has 5 nitrogen and oxygen atoms in total. The number of hydrogen-bond acceptors (Lipinski definition) is 5. The van der Waals surface area contributed by atoms with Gasteiger partial charge in [-0.05, 0) is 38.1 Å². The lowest BCUT2D eigenvalue weighted by atomic mass is 9.91. The Morgan fingerprint density at radius 2 is 1.90 bits per heavy atom. The van der Waals surface area contributed by atoms with Crippen LogP contribution in [0.2, 0.25) is 0 Å². The minimum Gasteiger partial charge on any atom is -0.395 e. The van der Waals surface area contributed by atoms with Crippen molar-refractivity contribution in [2.75, 3.05) is 44.8 Å². The van der Waals surface area contributed by atoms with Gasteiger partial charge in [0.15, 0.2) is 5.78 Å². The Labute approximate surface area is 125 Å². The van der Waals surface area contributed by atoms with E-state index in [0.29, 0.717) is 25.3 Å². The standard InChI is InChI=1S/C16H24N2O3/c1-16(2,18-8-11-21-12-9-18)15(20)13-3-5-14(6-4-13)17-7-10-19/h3-6,17,19H,7-12H2,1-2H3. The number of aliphatic hydroxyl groups is 1. The number of morpholine rings is 1. The summed E-state index contributed by atoms with van der Waals surface area (Å²) in [4.78, 5) is 14.9. The Morgan fingerprint density at radius 3 is 2.48 bits per heavy atom. The topological polar surface area (TPSA) is 61.8 Å². The molecule has 1 aromatic rings. The summed E-state index contributed by atoms with van der Waals surface area (Å²) in [7, 11) is 0. The van der Waals surface area contributed by atoms with Crippen molar-refractivity contribution < 1.29 is 14.6 Å². The first-order chi connectivity index (χ1) is 10.1. The summed E-state index contributed by atoms with van der Waals surface area (Å²) in [5.41, 5.74) is 1.09. The number of carbonyl (C=O) groups excluding carboxylic acids is 1. The molecular formula is C16H24N2O3. The molecule has 0 saturated carbocycles. The maximum absolute atomic E-state index is 12.7. The highest BCUT2D eigenvalue weighted by molar-refractivity contribution is 6.02. The van der Waals surface area contributed by atoms with Crippen molar-refractivity contribution in [3.8, 4) is 0 Å². The first-order valence-electron chi connectivity index (χ1n) is 7.38. The number of nitrogens with one attached hydrogen (secondary N) is 1. The van der Waals surface area contributed by atoms with Gasteiger partial charge in [-0.3, -0.25) is 9.69 Å². The monoisotopic (exact) mass is 292 g/mol. The minimum atomic E-state index is -0.524. The van der Waals surface area contributed by atoms with E-state index in [1.54, 1.807) is 0 Å². The quantitative estimate of drug-likeness (QED) is 0.776. The zero-order chi connectivity index (χ0) is 15.3. The summed E-state index contributed by atoms with van der Waals surface area (Å²) in [6.45, 7) is 7.47. The van der Waals surface area contributed by atoms with Gasteiger partial charge in [0.2, 0.25) is 0 Å². The number of anilines is 1. The molecule has 1 heterocycles. The van der Waals surface area contributed by atoms with Gasteiger partial charge in [0.25, 0.3) is 0 Å². The zero-order valence-electron chi connectivity index (χ0n) is 12.8. The van der Waals surface area contributed by atoms with E-state index in [2.05, 4.69) is 10.2 Å². The Kier molecular flexibility index (Phi) is 5.33. The van der Waals surface area contributed by atoms with E-state index in [0.717, 1.165) is 18.8 Å². The fraction of sp³-hybridized carbons (Fsp3) is 0.562. The van der Waals surface area contributed by atoms with E-state index >= 15 is 0 Å². The molecule has 1 fully saturated rings. The van der Waals surface area contributed by atoms with Crippen LogP contribution in [0.5, 0.6) is 0 Å². The molecule has 116 valence electrons. The molecule has 0 amide bonds. The normalized spacial score (nSPS) is 16.7. The molecule has 0 bridgehead atoms. The molecule has 1 aliphatic rings. The fourth-order valence-corrected chi connectivity index (χ4v) is 2.56. The number of carbonyl (C=O) groups is 1. The molecule has 0 atom stereocenters. The molecule has 1 aromatic carbocycles. The molecule has 0 aromatic heterocycles. The van der Waals surface area contributed by atoms with Gasteiger partial charge in [-0.25, -0.2) is 0 Å². The van der Waals surface area contributed by atoms with E-state index in [4.69, 9.17) is 9.84 Å². The molecule has 0 unspecified atom stereocenters. The van der Waals surface area contributed by atoms with Gasteiger partial charge in [-0.15, -0.1) is 0 Å². The van der Waals surface area contributed by atoms with Gasteiger partial charge in [0.05, 0.1) is 25.4 Å². The number of rotatable bonds is 6. The number of aliphatic hydroxyl groups excluding tert-OH is 1. The number of hydrogen-bond donors (Lipinski definition) is 2. The summed E-state index contributed by atoms with van der Waals surface area (Å²) >= 11 is 0. The minimum absolute atomic E-state index is 0.0880. The van der Waals surface area contributed by atoms with Crippen LogP contribution in [0, 0.1) is 0 Å². The van der Waals surface area contributed by atoms with Crippen LogP contribution in [0.25, 0.3) is 0 Å². The predicted molar refractivity (Wildman–Crippen MR) is 82.8 cm³/mol. The number of Topliss-reactive ketones (excluding diaryl/α,β-unsaturated/α-hetero) is 1. The third kappa shape index (κ3) is 3.81. The molecule has 0 radical (unpaired) electrons. The third-order valence-corrected chi connectivity index (χ3v) is 3.95. The van der Waals surface area contributed by atoms with Gasteiger partial charge in [0, 0.05) is 30.9 Å². The molecule has 0 aliphatic carbocycles. The van der Waals surface area contributed by atoms with Crippen LogP contribution in [-0.4, -0.2) is 60.8 Å². The average Bonchev–Trinajstić information content (AvgIpc) is 2.53. The molecule has 0 spiro atoms. The maximum Gasteiger partial charge on any atom is 0.182 e. The predicted octanol–water partition coefficient (Wildman–Crippen LogP) is 1.38. The Bertz CT molecular complexity index is 465. The highest BCUT2D eigenvalue weighted by Crippen LogP contribution is 2.22. The van der Waals surface area contributed by atoms with Crippen LogP contribution in [0.3, 0.4) is 0 Å². The summed E-state index contributed by atoms with van der Waals surface area (Å²) in [5.74, 6) is 0.123. The molecule has 21 heavy (non-hydrogen) atoms. The van der Waals surface area contributed by atoms with E-state index < -0.39 is 5.54 Å². The van der Waals surface area contributed by atoms with Crippen LogP contribution in [-0.2, 0) is 4.74 Å². The number of ketones is 1. The smallest absolute Gasteiger partial charge is 0.182 e. The third-order valence-electron chi connectivity index (χ3n) is 3.95. The lowest BCUT2D eigenvalue weighted by Gasteiger charge is -2.39. The van der Waals surface area contributed by atoms with E-state index in [1.807, 2.05) is 38.1 Å². The summed E-state index contributed by atoms with van der Waals surface area (Å²) < 4.78 is 5.35. The maximum atomic E-state index is 12.7. The number of ether oxygens (including phenoxy) is 1. The largest absolute Gasteiger partial charge is 0.395 e. The number of benzene rings is 1. The second-order valence-corrected chi connectivity index (χ2v) is 5.72. The van der Waals surface area contributed by atoms with E-state index in [-0.39, 0.29) is 12.4 Å². The van der Waals surface area contributed by atoms with Crippen molar-refractivity contribution >= 4 is 11.5 Å². The second kappa shape index (κ2) is 7.02. The van der Waals surface area contributed by atoms with Crippen LogP contribution >= 0.6 is 0 Å². The second-order valence-electron chi connectivity index (χ2n) is 5.72.